The maximum absolute atomic E-state index is 9.12. The Bertz CT molecular complexity index is 117. The van der Waals surface area contributed by atoms with Gasteiger partial charge in [-0.3, -0.25) is 0 Å². The van der Waals surface area contributed by atoms with Gasteiger partial charge in [-0.25, -0.2) is 0 Å². The quantitative estimate of drug-likeness (QED) is 0.568. The summed E-state index contributed by atoms with van der Waals surface area (Å²) in [6.45, 7) is 6.14. The van der Waals surface area contributed by atoms with Gasteiger partial charge in [0.05, 0.1) is 25.4 Å². The zero-order valence-corrected chi connectivity index (χ0v) is 9.36. The van der Waals surface area contributed by atoms with Crippen LogP contribution in [0.25, 0.3) is 0 Å². The highest BCUT2D eigenvalue weighted by atomic mass is 16.5. The van der Waals surface area contributed by atoms with Crippen LogP contribution in [0, 0.1) is 0 Å². The summed E-state index contributed by atoms with van der Waals surface area (Å²) in [5, 5.41) is 9.12. The van der Waals surface area contributed by atoms with Crippen molar-refractivity contribution in [2.24, 2.45) is 0 Å². The maximum atomic E-state index is 9.12. The van der Waals surface area contributed by atoms with Gasteiger partial charge >= 0.3 is 0 Å². The number of hydrogen-bond donors (Lipinski definition) is 1. The summed E-state index contributed by atoms with van der Waals surface area (Å²) < 4.78 is 15.4. The molecule has 4 heteroatoms. The van der Waals surface area contributed by atoms with Gasteiger partial charge in [0.25, 0.3) is 0 Å². The minimum absolute atomic E-state index is 0.103. The smallest absolute Gasteiger partial charge is 0.0803 e. The lowest BCUT2D eigenvalue weighted by atomic mass is 10.2. The summed E-state index contributed by atoms with van der Waals surface area (Å²) in [7, 11) is 1.65. The number of ether oxygens (including phenoxy) is 3. The summed E-state index contributed by atoms with van der Waals surface area (Å²) in [4.78, 5) is 0. The van der Waals surface area contributed by atoms with Crippen molar-refractivity contribution in [3.63, 3.8) is 0 Å². The second-order valence-electron chi connectivity index (χ2n) is 3.28. The molecule has 86 valence electrons. The average molecular weight is 206 g/mol. The second-order valence-corrected chi connectivity index (χ2v) is 3.28. The lowest BCUT2D eigenvalue weighted by Gasteiger charge is -2.15. The van der Waals surface area contributed by atoms with Gasteiger partial charge in [-0.05, 0) is 20.3 Å². The minimum Gasteiger partial charge on any atom is -0.391 e. The van der Waals surface area contributed by atoms with E-state index in [1.165, 1.54) is 0 Å². The minimum atomic E-state index is -0.413. The van der Waals surface area contributed by atoms with E-state index in [9.17, 15) is 0 Å². The molecular formula is C10H22O4. The normalized spacial score (nSPS) is 15.4. The van der Waals surface area contributed by atoms with Crippen LogP contribution in [0.3, 0.4) is 0 Å². The first-order valence-corrected chi connectivity index (χ1v) is 5.04. The number of aliphatic hydroxyl groups is 1. The van der Waals surface area contributed by atoms with E-state index in [-0.39, 0.29) is 6.10 Å². The highest BCUT2D eigenvalue weighted by Crippen LogP contribution is 1.98. The molecule has 0 aromatic heterocycles. The number of hydrogen-bond acceptors (Lipinski definition) is 4. The molecule has 14 heavy (non-hydrogen) atoms. The van der Waals surface area contributed by atoms with E-state index < -0.39 is 6.10 Å². The van der Waals surface area contributed by atoms with Gasteiger partial charge in [0.15, 0.2) is 0 Å². The Morgan fingerprint density at radius 2 is 1.79 bits per heavy atom. The van der Waals surface area contributed by atoms with Crippen LogP contribution in [0.5, 0.6) is 0 Å². The van der Waals surface area contributed by atoms with Gasteiger partial charge in [-0.15, -0.1) is 0 Å². The van der Waals surface area contributed by atoms with Gasteiger partial charge in [-0.1, -0.05) is 0 Å². The van der Waals surface area contributed by atoms with Crippen molar-refractivity contribution in [1.82, 2.24) is 0 Å². The first-order valence-electron chi connectivity index (χ1n) is 5.04. The summed E-state index contributed by atoms with van der Waals surface area (Å²) in [6, 6.07) is 0. The molecule has 0 heterocycles. The molecule has 0 aromatic rings. The van der Waals surface area contributed by atoms with Crippen LogP contribution in [-0.4, -0.2) is 50.9 Å². The van der Waals surface area contributed by atoms with Crippen molar-refractivity contribution in [2.75, 3.05) is 33.5 Å². The van der Waals surface area contributed by atoms with Crippen LogP contribution in [0.15, 0.2) is 0 Å². The largest absolute Gasteiger partial charge is 0.391 e. The van der Waals surface area contributed by atoms with Gasteiger partial charge in [0.2, 0.25) is 0 Å². The Hall–Kier alpha value is -0.160. The molecule has 1 N–H and O–H groups in total. The Labute approximate surface area is 86.2 Å². The zero-order valence-electron chi connectivity index (χ0n) is 9.36. The predicted octanol–water partition coefficient (Wildman–Crippen LogP) is 0.825. The molecule has 0 amide bonds. The number of methoxy groups -OCH3 is 1. The molecule has 0 spiro atoms. The Kier molecular flexibility index (Phi) is 9.29. The fourth-order valence-corrected chi connectivity index (χ4v) is 0.814. The predicted molar refractivity (Wildman–Crippen MR) is 54.4 cm³/mol. The molecule has 4 nitrogen and oxygen atoms in total. The maximum Gasteiger partial charge on any atom is 0.0803 e. The molecule has 0 saturated carbocycles. The van der Waals surface area contributed by atoms with Crippen molar-refractivity contribution < 1.29 is 19.3 Å². The Morgan fingerprint density at radius 1 is 1.07 bits per heavy atom. The van der Waals surface area contributed by atoms with Crippen molar-refractivity contribution in [3.8, 4) is 0 Å². The summed E-state index contributed by atoms with van der Waals surface area (Å²) in [5.41, 5.74) is 0. The van der Waals surface area contributed by atoms with Crippen LogP contribution < -0.4 is 0 Å². The van der Waals surface area contributed by atoms with Crippen LogP contribution in [-0.2, 0) is 14.2 Å². The molecule has 0 saturated heterocycles. The zero-order chi connectivity index (χ0) is 10.8. The van der Waals surface area contributed by atoms with Crippen LogP contribution in [0.1, 0.15) is 20.3 Å². The standard InChI is InChI=1S/C10H22O4/c1-9(11)10(2)14-6-4-5-13-8-7-12-3/h9-11H,4-8H2,1-3H3/t9-,10?/m1/s1. The molecule has 0 fully saturated rings. The van der Waals surface area contributed by atoms with E-state index in [2.05, 4.69) is 0 Å². The first kappa shape index (κ1) is 13.8. The van der Waals surface area contributed by atoms with Crippen molar-refractivity contribution in [1.29, 1.82) is 0 Å². The van der Waals surface area contributed by atoms with Gasteiger partial charge in [0.1, 0.15) is 0 Å². The van der Waals surface area contributed by atoms with Crippen molar-refractivity contribution in [3.05, 3.63) is 0 Å². The lowest BCUT2D eigenvalue weighted by molar-refractivity contribution is -0.0269. The van der Waals surface area contributed by atoms with Crippen molar-refractivity contribution in [2.45, 2.75) is 32.5 Å². The van der Waals surface area contributed by atoms with E-state index in [0.29, 0.717) is 26.4 Å². The molecule has 1 unspecified atom stereocenters. The molecule has 0 rings (SSSR count). The molecule has 0 bridgehead atoms. The van der Waals surface area contributed by atoms with Crippen LogP contribution in [0.2, 0.25) is 0 Å². The van der Waals surface area contributed by atoms with E-state index >= 15 is 0 Å². The molecule has 0 radical (unpaired) electrons. The van der Waals surface area contributed by atoms with Gasteiger partial charge in [-0.2, -0.15) is 0 Å². The highest BCUT2D eigenvalue weighted by molar-refractivity contribution is 4.56. The topological polar surface area (TPSA) is 47.9 Å². The van der Waals surface area contributed by atoms with Crippen LogP contribution in [0.4, 0.5) is 0 Å². The van der Waals surface area contributed by atoms with Gasteiger partial charge < -0.3 is 19.3 Å². The first-order chi connectivity index (χ1) is 6.68. The van der Waals surface area contributed by atoms with Gasteiger partial charge in [0, 0.05) is 20.3 Å². The summed E-state index contributed by atoms with van der Waals surface area (Å²) >= 11 is 0. The summed E-state index contributed by atoms with van der Waals surface area (Å²) in [5.74, 6) is 0. The SMILES string of the molecule is COCCOCCCOC(C)[C@@H](C)O. The van der Waals surface area contributed by atoms with E-state index in [1.54, 1.807) is 14.0 Å². The fraction of sp³-hybridized carbons (Fsp3) is 1.00. The third kappa shape index (κ3) is 8.44. The third-order valence-electron chi connectivity index (χ3n) is 1.92. The highest BCUT2D eigenvalue weighted by Gasteiger charge is 2.07. The monoisotopic (exact) mass is 206 g/mol. The van der Waals surface area contributed by atoms with E-state index in [0.717, 1.165) is 6.42 Å². The van der Waals surface area contributed by atoms with Crippen molar-refractivity contribution >= 4 is 0 Å². The van der Waals surface area contributed by atoms with E-state index in [4.69, 9.17) is 19.3 Å². The molecule has 2 atom stereocenters. The summed E-state index contributed by atoms with van der Waals surface area (Å²) in [6.07, 6.45) is 0.333. The Morgan fingerprint density at radius 3 is 2.36 bits per heavy atom. The molecule has 0 aliphatic heterocycles. The number of aliphatic hydroxyl groups excluding tert-OH is 1. The fourth-order valence-electron chi connectivity index (χ4n) is 0.814. The number of rotatable bonds is 9. The second kappa shape index (κ2) is 9.40. The molecule has 0 aliphatic rings. The third-order valence-corrected chi connectivity index (χ3v) is 1.92. The average Bonchev–Trinajstić information content (AvgIpc) is 2.16. The lowest BCUT2D eigenvalue weighted by Crippen LogP contribution is -2.23. The molecule has 0 aromatic carbocycles. The Balaban J connectivity index is 3.06. The molecule has 0 aliphatic carbocycles. The van der Waals surface area contributed by atoms with Crippen LogP contribution >= 0.6 is 0 Å². The van der Waals surface area contributed by atoms with E-state index in [1.807, 2.05) is 6.92 Å². The molecular weight excluding hydrogens is 184 g/mol.